The lowest BCUT2D eigenvalue weighted by Crippen LogP contribution is -2.16. The lowest BCUT2D eigenvalue weighted by Gasteiger charge is -2.10. The van der Waals surface area contributed by atoms with Crippen LogP contribution in [0.5, 0.6) is 0 Å². The van der Waals surface area contributed by atoms with E-state index in [2.05, 4.69) is 38.6 Å². The standard InChI is InChI=1S/C15H15N5/c1-2-4-14-13(3-1)11(7-17-12-5-6-12)8-18-15(14)20-10-16-9-19-20/h1-4,8-10,12,17H,5-7H2. The van der Waals surface area contributed by atoms with Crippen LogP contribution < -0.4 is 5.32 Å². The van der Waals surface area contributed by atoms with Crippen molar-refractivity contribution in [3.63, 3.8) is 0 Å². The Balaban J connectivity index is 1.80. The maximum Gasteiger partial charge on any atom is 0.163 e. The predicted octanol–water partition coefficient (Wildman–Crippen LogP) is 2.07. The Labute approximate surface area is 116 Å². The van der Waals surface area contributed by atoms with Gasteiger partial charge in [0.15, 0.2) is 5.82 Å². The van der Waals surface area contributed by atoms with E-state index in [9.17, 15) is 0 Å². The van der Waals surface area contributed by atoms with Gasteiger partial charge in [-0.15, -0.1) is 0 Å². The first-order valence-electron chi connectivity index (χ1n) is 6.87. The van der Waals surface area contributed by atoms with Gasteiger partial charge >= 0.3 is 0 Å². The van der Waals surface area contributed by atoms with Gasteiger partial charge in [-0.3, -0.25) is 0 Å². The van der Waals surface area contributed by atoms with Crippen LogP contribution in [-0.2, 0) is 6.54 Å². The number of aromatic nitrogens is 4. The summed E-state index contributed by atoms with van der Waals surface area (Å²) in [6.07, 6.45) is 7.73. The van der Waals surface area contributed by atoms with Gasteiger partial charge in [-0.2, -0.15) is 5.10 Å². The van der Waals surface area contributed by atoms with Crippen LogP contribution in [0.2, 0.25) is 0 Å². The third-order valence-electron chi connectivity index (χ3n) is 3.65. The molecule has 0 unspecified atom stereocenters. The average molecular weight is 265 g/mol. The SMILES string of the molecule is c1ccc2c(-n3cncn3)ncc(CNC3CC3)c2c1. The normalized spacial score (nSPS) is 14.8. The van der Waals surface area contributed by atoms with Gasteiger partial charge < -0.3 is 5.32 Å². The van der Waals surface area contributed by atoms with Crippen molar-refractivity contribution in [2.75, 3.05) is 0 Å². The molecule has 0 bridgehead atoms. The van der Waals surface area contributed by atoms with E-state index in [1.165, 1.54) is 30.1 Å². The lowest BCUT2D eigenvalue weighted by molar-refractivity contribution is 0.688. The van der Waals surface area contributed by atoms with Gasteiger partial charge in [-0.05, 0) is 23.8 Å². The fourth-order valence-corrected chi connectivity index (χ4v) is 2.42. The fourth-order valence-electron chi connectivity index (χ4n) is 2.42. The van der Waals surface area contributed by atoms with E-state index in [4.69, 9.17) is 0 Å². The molecule has 1 aromatic carbocycles. The number of nitrogens with zero attached hydrogens (tertiary/aromatic N) is 4. The van der Waals surface area contributed by atoms with E-state index in [0.717, 1.165) is 17.7 Å². The van der Waals surface area contributed by atoms with Crippen molar-refractivity contribution in [2.24, 2.45) is 0 Å². The zero-order valence-corrected chi connectivity index (χ0v) is 11.0. The van der Waals surface area contributed by atoms with Crippen LogP contribution in [0.1, 0.15) is 18.4 Å². The summed E-state index contributed by atoms with van der Waals surface area (Å²) < 4.78 is 1.71. The molecule has 0 saturated heterocycles. The molecule has 1 N–H and O–H groups in total. The number of hydrogen-bond acceptors (Lipinski definition) is 4. The quantitative estimate of drug-likeness (QED) is 0.784. The molecule has 1 fully saturated rings. The number of fused-ring (bicyclic) bond motifs is 1. The summed E-state index contributed by atoms with van der Waals surface area (Å²) in [7, 11) is 0. The maximum atomic E-state index is 4.57. The van der Waals surface area contributed by atoms with Gasteiger partial charge in [0, 0.05) is 24.2 Å². The van der Waals surface area contributed by atoms with Crippen molar-refractivity contribution in [2.45, 2.75) is 25.4 Å². The van der Waals surface area contributed by atoms with E-state index < -0.39 is 0 Å². The van der Waals surface area contributed by atoms with E-state index in [1.807, 2.05) is 12.3 Å². The molecule has 5 nitrogen and oxygen atoms in total. The highest BCUT2D eigenvalue weighted by atomic mass is 15.3. The molecule has 5 heteroatoms. The Kier molecular flexibility index (Phi) is 2.70. The topological polar surface area (TPSA) is 55.6 Å². The maximum absolute atomic E-state index is 4.57. The molecule has 0 spiro atoms. The van der Waals surface area contributed by atoms with Gasteiger partial charge in [0.1, 0.15) is 12.7 Å². The number of hydrogen-bond donors (Lipinski definition) is 1. The fraction of sp³-hybridized carbons (Fsp3) is 0.267. The molecule has 4 rings (SSSR count). The second kappa shape index (κ2) is 4.68. The summed E-state index contributed by atoms with van der Waals surface area (Å²) >= 11 is 0. The van der Waals surface area contributed by atoms with Crippen LogP contribution in [0.25, 0.3) is 16.6 Å². The third-order valence-corrected chi connectivity index (χ3v) is 3.65. The van der Waals surface area contributed by atoms with Crippen LogP contribution >= 0.6 is 0 Å². The van der Waals surface area contributed by atoms with Gasteiger partial charge in [0.05, 0.1) is 0 Å². The Hall–Kier alpha value is -2.27. The Morgan fingerprint density at radius 1 is 1.20 bits per heavy atom. The Morgan fingerprint density at radius 3 is 2.80 bits per heavy atom. The zero-order valence-electron chi connectivity index (χ0n) is 11.0. The van der Waals surface area contributed by atoms with Gasteiger partial charge in [-0.25, -0.2) is 14.6 Å². The largest absolute Gasteiger partial charge is 0.310 e. The van der Waals surface area contributed by atoms with E-state index in [1.54, 1.807) is 11.0 Å². The van der Waals surface area contributed by atoms with Crippen LogP contribution in [0.3, 0.4) is 0 Å². The lowest BCUT2D eigenvalue weighted by atomic mass is 10.1. The van der Waals surface area contributed by atoms with Crippen LogP contribution in [-0.4, -0.2) is 25.8 Å². The Morgan fingerprint density at radius 2 is 2.05 bits per heavy atom. The number of pyridine rings is 1. The summed E-state index contributed by atoms with van der Waals surface area (Å²) in [5.41, 5.74) is 1.23. The molecule has 3 aromatic rings. The molecule has 2 aromatic heterocycles. The first-order chi connectivity index (χ1) is 9.92. The van der Waals surface area contributed by atoms with Crippen molar-refractivity contribution < 1.29 is 0 Å². The molecule has 1 aliphatic rings. The minimum atomic E-state index is 0.698. The van der Waals surface area contributed by atoms with Crippen LogP contribution in [0.4, 0.5) is 0 Å². The summed E-state index contributed by atoms with van der Waals surface area (Å²) in [6.45, 7) is 0.871. The van der Waals surface area contributed by atoms with Crippen molar-refractivity contribution >= 4 is 10.8 Å². The molecule has 20 heavy (non-hydrogen) atoms. The van der Waals surface area contributed by atoms with Gasteiger partial charge in [0.25, 0.3) is 0 Å². The van der Waals surface area contributed by atoms with Crippen molar-refractivity contribution in [3.05, 3.63) is 48.7 Å². The summed E-state index contributed by atoms with van der Waals surface area (Å²) in [4.78, 5) is 8.56. The smallest absolute Gasteiger partial charge is 0.163 e. The molecule has 0 aliphatic heterocycles. The van der Waals surface area contributed by atoms with Crippen molar-refractivity contribution in [3.8, 4) is 5.82 Å². The average Bonchev–Trinajstić information content (AvgIpc) is 3.17. The van der Waals surface area contributed by atoms with Crippen LogP contribution in [0.15, 0.2) is 43.1 Å². The number of benzene rings is 1. The monoisotopic (exact) mass is 265 g/mol. The van der Waals surface area contributed by atoms with Gasteiger partial charge in [0.2, 0.25) is 0 Å². The van der Waals surface area contributed by atoms with E-state index in [-0.39, 0.29) is 0 Å². The second-order valence-electron chi connectivity index (χ2n) is 5.15. The molecular weight excluding hydrogens is 250 g/mol. The van der Waals surface area contributed by atoms with Crippen LogP contribution in [0, 0.1) is 0 Å². The minimum absolute atomic E-state index is 0.698. The first-order valence-corrected chi connectivity index (χ1v) is 6.87. The molecule has 1 saturated carbocycles. The third kappa shape index (κ3) is 2.06. The van der Waals surface area contributed by atoms with Crippen molar-refractivity contribution in [1.82, 2.24) is 25.1 Å². The molecule has 0 atom stereocenters. The highest BCUT2D eigenvalue weighted by Crippen LogP contribution is 2.24. The number of nitrogens with one attached hydrogen (secondary N) is 1. The predicted molar refractivity (Wildman–Crippen MR) is 76.5 cm³/mol. The molecule has 1 aliphatic carbocycles. The molecular formula is C15H15N5. The molecule has 0 radical (unpaired) electrons. The Bertz CT molecular complexity index is 731. The summed E-state index contributed by atoms with van der Waals surface area (Å²) in [5, 5.41) is 10.1. The second-order valence-corrected chi connectivity index (χ2v) is 5.15. The molecule has 100 valence electrons. The van der Waals surface area contributed by atoms with Crippen molar-refractivity contribution in [1.29, 1.82) is 0 Å². The van der Waals surface area contributed by atoms with Gasteiger partial charge in [-0.1, -0.05) is 24.3 Å². The summed E-state index contributed by atoms with van der Waals surface area (Å²) in [6, 6.07) is 9.02. The summed E-state index contributed by atoms with van der Waals surface area (Å²) in [5.74, 6) is 0.827. The first kappa shape index (κ1) is 11.5. The minimum Gasteiger partial charge on any atom is -0.310 e. The highest BCUT2D eigenvalue weighted by molar-refractivity contribution is 5.90. The van der Waals surface area contributed by atoms with E-state index >= 15 is 0 Å². The van der Waals surface area contributed by atoms with E-state index in [0.29, 0.717) is 6.04 Å². The molecule has 2 heterocycles. The molecule has 0 amide bonds. The number of rotatable bonds is 4. The zero-order chi connectivity index (χ0) is 13.4. The highest BCUT2D eigenvalue weighted by Gasteiger charge is 2.20.